The van der Waals surface area contributed by atoms with E-state index in [-0.39, 0.29) is 13.1 Å². The van der Waals surface area contributed by atoms with E-state index in [0.717, 1.165) is 12.2 Å². The summed E-state index contributed by atoms with van der Waals surface area (Å²) in [6.45, 7) is -0.712. The van der Waals surface area contributed by atoms with Gasteiger partial charge < -0.3 is 19.3 Å². The van der Waals surface area contributed by atoms with Crippen molar-refractivity contribution < 1.29 is 37.4 Å². The van der Waals surface area contributed by atoms with Crippen LogP contribution in [-0.2, 0) is 41.7 Å². The molecule has 0 radical (unpaired) electrons. The van der Waals surface area contributed by atoms with Crippen LogP contribution in [0.4, 0.5) is 8.78 Å². The van der Waals surface area contributed by atoms with Crippen molar-refractivity contribution in [3.05, 3.63) is 83.4 Å². The zero-order valence-corrected chi connectivity index (χ0v) is 18.7. The number of amides is 2. The molecule has 0 aliphatic carbocycles. The minimum atomic E-state index is -0.944. The molecule has 0 fully saturated rings. The molecule has 0 atom stereocenters. The summed E-state index contributed by atoms with van der Waals surface area (Å²) in [4.78, 5) is 50.1. The van der Waals surface area contributed by atoms with E-state index in [2.05, 4.69) is 0 Å². The van der Waals surface area contributed by atoms with Gasteiger partial charge in [0.05, 0.1) is 0 Å². The number of rotatable bonds is 10. The van der Waals surface area contributed by atoms with Crippen LogP contribution in [0.25, 0.3) is 0 Å². The number of hydrogen-bond acceptors (Lipinski definition) is 6. The third-order valence-corrected chi connectivity index (χ3v) is 4.55. The van der Waals surface area contributed by atoms with Gasteiger partial charge in [-0.05, 0) is 35.4 Å². The van der Waals surface area contributed by atoms with E-state index in [9.17, 15) is 28.0 Å². The summed E-state index contributed by atoms with van der Waals surface area (Å²) in [5.74, 6) is -3.66. The van der Waals surface area contributed by atoms with Crippen molar-refractivity contribution in [2.75, 3.05) is 27.3 Å². The number of likely N-dealkylation sites (N-methyl/N-ethyl adjacent to an activating group) is 2. The Kier molecular flexibility index (Phi) is 9.88. The molecule has 0 spiro atoms. The Morgan fingerprint density at radius 2 is 1.00 bits per heavy atom. The third kappa shape index (κ3) is 9.19. The molecule has 0 bridgehead atoms. The average molecular weight is 474 g/mol. The summed E-state index contributed by atoms with van der Waals surface area (Å²) in [7, 11) is 2.99. The number of carbonyl (C=O) groups excluding carboxylic acids is 4. The van der Waals surface area contributed by atoms with Crippen molar-refractivity contribution in [1.29, 1.82) is 0 Å². The van der Waals surface area contributed by atoms with Crippen LogP contribution >= 0.6 is 0 Å². The van der Waals surface area contributed by atoms with Crippen LogP contribution in [0.2, 0.25) is 0 Å². The van der Waals surface area contributed by atoms with E-state index < -0.39 is 48.6 Å². The first-order chi connectivity index (χ1) is 16.1. The van der Waals surface area contributed by atoms with Crippen molar-refractivity contribution in [1.82, 2.24) is 9.80 Å². The summed E-state index contributed by atoms with van der Waals surface area (Å²) < 4.78 is 35.4. The fourth-order valence-corrected chi connectivity index (χ4v) is 2.62. The summed E-state index contributed by atoms with van der Waals surface area (Å²) in [6.07, 6.45) is 1.56. The van der Waals surface area contributed by atoms with Gasteiger partial charge in [-0.25, -0.2) is 18.4 Å². The maximum Gasteiger partial charge on any atom is 0.331 e. The lowest BCUT2D eigenvalue weighted by Crippen LogP contribution is -2.31. The smallest absolute Gasteiger partial charge is 0.331 e. The number of hydrogen-bond donors (Lipinski definition) is 0. The minimum Gasteiger partial charge on any atom is -0.452 e. The number of esters is 2. The van der Waals surface area contributed by atoms with Crippen LogP contribution in [0.15, 0.2) is 60.7 Å². The molecule has 0 heterocycles. The number of nitrogens with zero attached hydrogens (tertiary/aromatic N) is 2. The Labute approximate surface area is 195 Å². The van der Waals surface area contributed by atoms with E-state index in [1.165, 1.54) is 72.4 Å². The molecule has 0 aromatic heterocycles. The summed E-state index contributed by atoms with van der Waals surface area (Å²) in [5.41, 5.74) is 1.40. The summed E-state index contributed by atoms with van der Waals surface area (Å²) in [5, 5.41) is 0. The zero-order valence-electron chi connectivity index (χ0n) is 18.7. The van der Waals surface area contributed by atoms with Gasteiger partial charge in [0, 0.05) is 39.3 Å². The first kappa shape index (κ1) is 26.2. The van der Waals surface area contributed by atoms with Gasteiger partial charge in [0.15, 0.2) is 13.2 Å². The maximum absolute atomic E-state index is 12.9. The van der Waals surface area contributed by atoms with Crippen LogP contribution in [0.1, 0.15) is 11.1 Å². The first-order valence-corrected chi connectivity index (χ1v) is 10.1. The second-order valence-corrected chi connectivity index (χ2v) is 7.30. The van der Waals surface area contributed by atoms with E-state index in [4.69, 9.17) is 9.47 Å². The standard InChI is InChI=1S/C24H24F2N2O6/c1-27(13-17-3-7-19(25)8-4-17)21(29)15-33-23(31)11-12-24(32)34-16-22(30)28(2)14-18-5-9-20(26)10-6-18/h3-12H,13-16H2,1-2H3/b12-11+. The van der Waals surface area contributed by atoms with Gasteiger partial charge in [-0.3, -0.25) is 9.59 Å². The fraction of sp³-hybridized carbons (Fsp3) is 0.250. The molecule has 180 valence electrons. The monoisotopic (exact) mass is 474 g/mol. The topological polar surface area (TPSA) is 93.2 Å². The second kappa shape index (κ2) is 12.8. The predicted molar refractivity (Wildman–Crippen MR) is 117 cm³/mol. The lowest BCUT2D eigenvalue weighted by Gasteiger charge is -2.17. The van der Waals surface area contributed by atoms with Gasteiger partial charge >= 0.3 is 11.9 Å². The molecule has 0 unspecified atom stereocenters. The number of benzene rings is 2. The Bertz CT molecular complexity index is 955. The van der Waals surface area contributed by atoms with Gasteiger partial charge in [-0.1, -0.05) is 24.3 Å². The zero-order chi connectivity index (χ0) is 25.1. The molecule has 10 heteroatoms. The van der Waals surface area contributed by atoms with E-state index in [0.29, 0.717) is 11.1 Å². The van der Waals surface area contributed by atoms with E-state index in [1.807, 2.05) is 0 Å². The Morgan fingerprint density at radius 1 is 0.676 bits per heavy atom. The quantitative estimate of drug-likeness (QED) is 0.387. The average Bonchev–Trinajstić information content (AvgIpc) is 2.82. The predicted octanol–water partition coefficient (Wildman–Crippen LogP) is 2.22. The third-order valence-electron chi connectivity index (χ3n) is 4.55. The highest BCUT2D eigenvalue weighted by molar-refractivity contribution is 5.93. The van der Waals surface area contributed by atoms with Gasteiger partial charge in [0.2, 0.25) is 0 Å². The van der Waals surface area contributed by atoms with Crippen molar-refractivity contribution in [2.24, 2.45) is 0 Å². The van der Waals surface area contributed by atoms with Crippen LogP contribution in [0.3, 0.4) is 0 Å². The molecule has 2 amide bonds. The largest absolute Gasteiger partial charge is 0.452 e. The SMILES string of the molecule is CN(Cc1ccc(F)cc1)C(=O)COC(=O)/C=C/C(=O)OCC(=O)N(C)Cc1ccc(F)cc1. The highest BCUT2D eigenvalue weighted by Crippen LogP contribution is 2.07. The molecule has 0 aliphatic heterocycles. The highest BCUT2D eigenvalue weighted by Gasteiger charge is 2.13. The molecular weight excluding hydrogens is 450 g/mol. The highest BCUT2D eigenvalue weighted by atomic mass is 19.1. The normalized spacial score (nSPS) is 10.6. The molecule has 8 nitrogen and oxygen atoms in total. The summed E-state index contributed by atoms with van der Waals surface area (Å²) in [6, 6.07) is 11.2. The van der Waals surface area contributed by atoms with Gasteiger partial charge in [0.1, 0.15) is 11.6 Å². The van der Waals surface area contributed by atoms with Crippen LogP contribution in [-0.4, -0.2) is 60.9 Å². The van der Waals surface area contributed by atoms with Crippen molar-refractivity contribution in [2.45, 2.75) is 13.1 Å². The van der Waals surface area contributed by atoms with Gasteiger partial charge in [0.25, 0.3) is 11.8 Å². The molecule has 0 saturated carbocycles. The molecule has 34 heavy (non-hydrogen) atoms. The first-order valence-electron chi connectivity index (χ1n) is 10.1. The Balaban J connectivity index is 1.68. The van der Waals surface area contributed by atoms with Crippen molar-refractivity contribution >= 4 is 23.8 Å². The molecule has 0 saturated heterocycles. The second-order valence-electron chi connectivity index (χ2n) is 7.30. The van der Waals surface area contributed by atoms with Crippen molar-refractivity contribution in [3.8, 4) is 0 Å². The van der Waals surface area contributed by atoms with Gasteiger partial charge in [-0.2, -0.15) is 0 Å². The molecular formula is C24H24F2N2O6. The molecule has 2 rings (SSSR count). The summed E-state index contributed by atoms with van der Waals surface area (Å²) >= 11 is 0. The molecule has 2 aromatic rings. The minimum absolute atomic E-state index is 0.197. The van der Waals surface area contributed by atoms with Crippen LogP contribution < -0.4 is 0 Å². The van der Waals surface area contributed by atoms with E-state index in [1.54, 1.807) is 0 Å². The van der Waals surface area contributed by atoms with Crippen LogP contribution in [0, 0.1) is 11.6 Å². The van der Waals surface area contributed by atoms with Gasteiger partial charge in [-0.15, -0.1) is 0 Å². The maximum atomic E-state index is 12.9. The Hall–Kier alpha value is -4.08. The number of carbonyl (C=O) groups is 4. The fourth-order valence-electron chi connectivity index (χ4n) is 2.62. The number of ether oxygens (including phenoxy) is 2. The lowest BCUT2D eigenvalue weighted by atomic mass is 10.2. The Morgan fingerprint density at radius 3 is 1.32 bits per heavy atom. The lowest BCUT2D eigenvalue weighted by molar-refractivity contribution is -0.149. The number of halogens is 2. The van der Waals surface area contributed by atoms with E-state index >= 15 is 0 Å². The molecule has 0 aliphatic rings. The van der Waals surface area contributed by atoms with Crippen molar-refractivity contribution in [3.63, 3.8) is 0 Å². The molecule has 0 N–H and O–H groups in total. The molecule has 2 aromatic carbocycles. The van der Waals surface area contributed by atoms with Crippen LogP contribution in [0.5, 0.6) is 0 Å².